The fraction of sp³-hybridized carbons (Fsp3) is 0.632. The Labute approximate surface area is 167 Å². The van der Waals surface area contributed by atoms with Crippen LogP contribution in [0.15, 0.2) is 24.3 Å². The first kappa shape index (κ1) is 19.9. The van der Waals surface area contributed by atoms with E-state index in [2.05, 4.69) is 0 Å². The first-order valence-corrected chi connectivity index (χ1v) is 9.50. The summed E-state index contributed by atoms with van der Waals surface area (Å²) in [5, 5.41) is -0.127. The van der Waals surface area contributed by atoms with Gasteiger partial charge in [-0.25, -0.2) is 4.39 Å². The van der Waals surface area contributed by atoms with Crippen molar-refractivity contribution in [1.82, 2.24) is 0 Å². The van der Waals surface area contributed by atoms with Crippen molar-refractivity contribution in [1.29, 1.82) is 0 Å². The quantitative estimate of drug-likeness (QED) is 0.700. The molecule has 1 aromatic rings. The van der Waals surface area contributed by atoms with E-state index >= 15 is 0 Å². The Bertz CT molecular complexity index is 738. The highest BCUT2D eigenvalue weighted by Gasteiger charge is 2.60. The second kappa shape index (κ2) is 7.16. The zero-order valence-corrected chi connectivity index (χ0v) is 16.9. The first-order valence-electron chi connectivity index (χ1n) is 9.09. The predicted molar refractivity (Wildman–Crippen MR) is 98.1 cm³/mol. The fourth-order valence-electron chi connectivity index (χ4n) is 3.55. The maximum atomic E-state index is 13.1. The van der Waals surface area contributed by atoms with E-state index in [9.17, 15) is 4.39 Å². The number of benzene rings is 1. The number of hydrogen-bond donors (Lipinski definition) is 0. The van der Waals surface area contributed by atoms with Gasteiger partial charge in [0.15, 0.2) is 30.1 Å². The summed E-state index contributed by atoms with van der Waals surface area (Å²) in [6.45, 7) is 7.60. The smallest absolute Gasteiger partial charge is 0.358 e. The molecule has 9 heteroatoms. The van der Waals surface area contributed by atoms with Crippen LogP contribution in [0, 0.1) is 5.82 Å². The Morgan fingerprint density at radius 3 is 2.39 bits per heavy atom. The van der Waals surface area contributed by atoms with Crippen LogP contribution in [-0.2, 0) is 28.4 Å². The average molecular weight is 414 g/mol. The highest BCUT2D eigenvalue weighted by Crippen LogP contribution is 2.42. The van der Waals surface area contributed by atoms with Crippen molar-refractivity contribution in [2.75, 3.05) is 6.61 Å². The van der Waals surface area contributed by atoms with Crippen molar-refractivity contribution in [2.45, 2.75) is 70.0 Å². The zero-order chi connectivity index (χ0) is 20.1. The lowest BCUT2D eigenvalue weighted by atomic mass is 10.1. The Morgan fingerprint density at radius 2 is 1.75 bits per heavy atom. The van der Waals surface area contributed by atoms with Gasteiger partial charge in [-0.3, -0.25) is 0 Å². The van der Waals surface area contributed by atoms with Crippen LogP contribution in [0.25, 0.3) is 0 Å². The topological polar surface area (TPSA) is 64.6 Å². The number of ether oxygens (including phenoxy) is 7. The summed E-state index contributed by atoms with van der Waals surface area (Å²) >= 11 is 5.23. The zero-order valence-electron chi connectivity index (χ0n) is 16.0. The van der Waals surface area contributed by atoms with Gasteiger partial charge in [0, 0.05) is 12.2 Å². The number of halogens is 1. The van der Waals surface area contributed by atoms with Crippen molar-refractivity contribution in [3.63, 3.8) is 0 Å². The van der Waals surface area contributed by atoms with Crippen LogP contribution in [0.4, 0.5) is 4.39 Å². The lowest BCUT2D eigenvalue weighted by molar-refractivity contribution is -0.231. The van der Waals surface area contributed by atoms with E-state index in [0.717, 1.165) is 0 Å². The molecule has 5 atom stereocenters. The minimum Gasteiger partial charge on any atom is -0.447 e. The van der Waals surface area contributed by atoms with Gasteiger partial charge in [0.05, 0.1) is 6.61 Å². The molecule has 3 aliphatic heterocycles. The van der Waals surface area contributed by atoms with E-state index in [1.165, 1.54) is 24.3 Å². The molecule has 1 aromatic carbocycles. The predicted octanol–water partition coefficient (Wildman–Crippen LogP) is 2.90. The van der Waals surface area contributed by atoms with Crippen LogP contribution >= 0.6 is 12.2 Å². The van der Waals surface area contributed by atoms with Crippen molar-refractivity contribution >= 4 is 17.5 Å². The van der Waals surface area contributed by atoms with Crippen LogP contribution in [0.2, 0.25) is 0 Å². The summed E-state index contributed by atoms with van der Waals surface area (Å²) < 4.78 is 53.9. The third-order valence-electron chi connectivity index (χ3n) is 4.67. The number of fused-ring (bicyclic) bond motifs is 1. The maximum absolute atomic E-state index is 13.1. The number of thiocarbonyl (C=S) groups is 1. The molecule has 0 unspecified atom stereocenters. The fourth-order valence-corrected chi connectivity index (χ4v) is 3.76. The van der Waals surface area contributed by atoms with Crippen LogP contribution in [-0.4, -0.2) is 54.1 Å². The Kier molecular flexibility index (Phi) is 5.09. The van der Waals surface area contributed by atoms with Gasteiger partial charge in [0.2, 0.25) is 0 Å². The molecule has 4 rings (SSSR count). The van der Waals surface area contributed by atoms with Crippen LogP contribution in [0.5, 0.6) is 5.75 Å². The van der Waals surface area contributed by atoms with E-state index < -0.39 is 36.2 Å². The number of rotatable bonds is 3. The largest absolute Gasteiger partial charge is 0.447 e. The second-order valence-corrected chi connectivity index (χ2v) is 8.16. The van der Waals surface area contributed by atoms with Gasteiger partial charge in [-0.2, -0.15) is 0 Å². The minimum atomic E-state index is -0.812. The van der Waals surface area contributed by atoms with E-state index in [1.807, 2.05) is 13.8 Å². The SMILES string of the molecule is CC1(C)O[C@H]2O[C@H]([C@@H]3COC(C)(C)O3)[C@H](OC(=S)Oc3ccc(F)cc3)[C@H]2O1. The molecule has 3 fully saturated rings. The van der Waals surface area contributed by atoms with Crippen molar-refractivity contribution in [2.24, 2.45) is 0 Å². The monoisotopic (exact) mass is 414 g/mol. The maximum Gasteiger partial charge on any atom is 0.358 e. The summed E-state index contributed by atoms with van der Waals surface area (Å²) in [5.41, 5.74) is 0. The van der Waals surface area contributed by atoms with Gasteiger partial charge < -0.3 is 33.2 Å². The van der Waals surface area contributed by atoms with Gasteiger partial charge in [0.25, 0.3) is 0 Å². The lowest BCUT2D eigenvalue weighted by Crippen LogP contribution is -2.45. The molecule has 7 nitrogen and oxygen atoms in total. The minimum absolute atomic E-state index is 0.127. The molecule has 0 saturated carbocycles. The third kappa shape index (κ3) is 4.14. The molecule has 3 heterocycles. The summed E-state index contributed by atoms with van der Waals surface area (Å²) in [7, 11) is 0. The summed E-state index contributed by atoms with van der Waals surface area (Å²) in [6.07, 6.45) is -2.66. The molecular formula is C19H23FO7S. The van der Waals surface area contributed by atoms with Gasteiger partial charge in [-0.1, -0.05) is 0 Å². The van der Waals surface area contributed by atoms with Crippen molar-refractivity contribution in [3.8, 4) is 5.75 Å². The molecule has 0 aromatic heterocycles. The second-order valence-electron chi connectivity index (χ2n) is 7.82. The molecule has 0 bridgehead atoms. The standard InChI is InChI=1S/C19H23FO7S/c1-18(2)21-9-12(25-18)13-14(15-16(23-13)27-19(3,4)26-15)24-17(28)22-11-7-5-10(20)6-8-11/h5-8,12-16H,9H2,1-4H3/t12-,13+,14-,15+,16+/m0/s1. The first-order chi connectivity index (χ1) is 13.1. The normalized spacial score (nSPS) is 35.5. The third-order valence-corrected chi connectivity index (χ3v) is 4.85. The molecule has 0 amide bonds. The Morgan fingerprint density at radius 1 is 1.04 bits per heavy atom. The van der Waals surface area contributed by atoms with Crippen LogP contribution in [0.3, 0.4) is 0 Å². The van der Waals surface area contributed by atoms with Crippen LogP contribution in [0.1, 0.15) is 27.7 Å². The molecule has 3 saturated heterocycles. The summed E-state index contributed by atoms with van der Waals surface area (Å²) in [5.74, 6) is -1.54. The van der Waals surface area contributed by atoms with Gasteiger partial charge in [-0.05, 0) is 52.0 Å². The average Bonchev–Trinajstić information content (AvgIpc) is 3.20. The highest BCUT2D eigenvalue weighted by atomic mass is 32.1. The number of hydrogen-bond acceptors (Lipinski definition) is 8. The van der Waals surface area contributed by atoms with Crippen molar-refractivity contribution in [3.05, 3.63) is 30.1 Å². The molecule has 28 heavy (non-hydrogen) atoms. The molecular weight excluding hydrogens is 391 g/mol. The van der Waals surface area contributed by atoms with Crippen LogP contribution < -0.4 is 4.74 Å². The Balaban J connectivity index is 1.48. The molecule has 0 spiro atoms. The van der Waals surface area contributed by atoms with E-state index in [0.29, 0.717) is 12.4 Å². The lowest BCUT2D eigenvalue weighted by Gasteiger charge is -2.29. The summed E-state index contributed by atoms with van der Waals surface area (Å²) in [4.78, 5) is 0. The molecule has 0 aliphatic carbocycles. The van der Waals surface area contributed by atoms with E-state index in [1.54, 1.807) is 13.8 Å². The van der Waals surface area contributed by atoms with Gasteiger partial charge in [-0.15, -0.1) is 0 Å². The molecule has 0 N–H and O–H groups in total. The summed E-state index contributed by atoms with van der Waals surface area (Å²) in [6, 6.07) is 5.48. The van der Waals surface area contributed by atoms with E-state index in [4.69, 9.17) is 45.4 Å². The van der Waals surface area contributed by atoms with Crippen molar-refractivity contribution < 1.29 is 37.5 Å². The van der Waals surface area contributed by atoms with Gasteiger partial charge in [0.1, 0.15) is 23.8 Å². The van der Waals surface area contributed by atoms with E-state index in [-0.39, 0.29) is 17.2 Å². The molecule has 3 aliphatic rings. The van der Waals surface area contributed by atoms with Gasteiger partial charge >= 0.3 is 5.24 Å². The molecule has 0 radical (unpaired) electrons. The highest BCUT2D eigenvalue weighted by molar-refractivity contribution is 7.79. The molecule has 154 valence electrons. The Hall–Kier alpha value is -1.36.